The highest BCUT2D eigenvalue weighted by atomic mass is 16.7. The second-order valence-corrected chi connectivity index (χ2v) is 6.73. The first-order chi connectivity index (χ1) is 13.7. The van der Waals surface area contributed by atoms with E-state index in [1.54, 1.807) is 7.11 Å². The third kappa shape index (κ3) is 5.38. The van der Waals surface area contributed by atoms with E-state index in [9.17, 15) is 5.11 Å². The van der Waals surface area contributed by atoms with Gasteiger partial charge in [0, 0.05) is 14.2 Å². The van der Waals surface area contributed by atoms with E-state index >= 15 is 0 Å². The molecule has 0 spiro atoms. The Labute approximate surface area is 165 Å². The van der Waals surface area contributed by atoms with E-state index in [0.717, 1.165) is 11.1 Å². The van der Waals surface area contributed by atoms with Crippen molar-refractivity contribution in [1.29, 1.82) is 0 Å². The van der Waals surface area contributed by atoms with E-state index < -0.39 is 30.7 Å². The predicted molar refractivity (Wildman–Crippen MR) is 104 cm³/mol. The molecule has 3 rings (SSSR count). The molecule has 6 heteroatoms. The van der Waals surface area contributed by atoms with E-state index in [0.29, 0.717) is 19.8 Å². The summed E-state index contributed by atoms with van der Waals surface area (Å²) in [5.74, 6) is 0. The fourth-order valence-corrected chi connectivity index (χ4v) is 3.33. The Balaban J connectivity index is 1.66. The van der Waals surface area contributed by atoms with Crippen molar-refractivity contribution in [2.75, 3.05) is 20.8 Å². The smallest absolute Gasteiger partial charge is 0.186 e. The zero-order valence-electron chi connectivity index (χ0n) is 16.3. The van der Waals surface area contributed by atoms with Crippen molar-refractivity contribution in [3.8, 4) is 0 Å². The van der Waals surface area contributed by atoms with Crippen molar-refractivity contribution in [1.82, 2.24) is 0 Å². The number of hydrogen-bond donors (Lipinski definition) is 1. The van der Waals surface area contributed by atoms with Crippen molar-refractivity contribution in [3.05, 3.63) is 71.8 Å². The SMILES string of the molecule is CO[C@@H]1O[C@H](COCc2ccccc2)[C@H](OCc2ccccc2)[C@H](OC)[C@@H]1O. The van der Waals surface area contributed by atoms with Crippen molar-refractivity contribution >= 4 is 0 Å². The summed E-state index contributed by atoms with van der Waals surface area (Å²) in [5, 5.41) is 10.5. The first-order valence-corrected chi connectivity index (χ1v) is 9.39. The molecule has 28 heavy (non-hydrogen) atoms. The van der Waals surface area contributed by atoms with Crippen LogP contribution < -0.4 is 0 Å². The van der Waals surface area contributed by atoms with Crippen molar-refractivity contribution < 1.29 is 28.8 Å². The maximum atomic E-state index is 10.5. The van der Waals surface area contributed by atoms with Crippen LogP contribution in [0.15, 0.2) is 60.7 Å². The Morgan fingerprint density at radius 3 is 2.00 bits per heavy atom. The Morgan fingerprint density at radius 2 is 1.43 bits per heavy atom. The molecule has 1 fully saturated rings. The molecule has 2 aromatic rings. The van der Waals surface area contributed by atoms with Gasteiger partial charge in [-0.2, -0.15) is 0 Å². The first-order valence-electron chi connectivity index (χ1n) is 9.39. The lowest BCUT2D eigenvalue weighted by Gasteiger charge is -2.43. The van der Waals surface area contributed by atoms with E-state index in [1.165, 1.54) is 7.11 Å². The van der Waals surface area contributed by atoms with E-state index in [-0.39, 0.29) is 0 Å². The number of aliphatic hydroxyl groups is 1. The quantitative estimate of drug-likeness (QED) is 0.712. The van der Waals surface area contributed by atoms with Crippen LogP contribution in [-0.4, -0.2) is 56.6 Å². The van der Waals surface area contributed by atoms with Crippen LogP contribution in [0, 0.1) is 0 Å². The van der Waals surface area contributed by atoms with Crippen molar-refractivity contribution in [2.45, 2.75) is 43.9 Å². The van der Waals surface area contributed by atoms with Gasteiger partial charge in [-0.15, -0.1) is 0 Å². The zero-order valence-corrected chi connectivity index (χ0v) is 16.3. The summed E-state index contributed by atoms with van der Waals surface area (Å²) >= 11 is 0. The molecule has 0 radical (unpaired) electrons. The second-order valence-electron chi connectivity index (χ2n) is 6.73. The summed E-state index contributed by atoms with van der Waals surface area (Å²) in [6.45, 7) is 1.14. The number of hydrogen-bond acceptors (Lipinski definition) is 6. The second kappa shape index (κ2) is 10.7. The summed E-state index contributed by atoms with van der Waals surface area (Å²) in [5.41, 5.74) is 2.11. The van der Waals surface area contributed by atoms with E-state index in [1.807, 2.05) is 60.7 Å². The lowest BCUT2D eigenvalue weighted by atomic mass is 9.98. The van der Waals surface area contributed by atoms with Crippen LogP contribution in [0.2, 0.25) is 0 Å². The molecule has 1 aliphatic rings. The minimum atomic E-state index is -0.957. The predicted octanol–water partition coefficient (Wildman–Crippen LogP) is 2.54. The minimum absolute atomic E-state index is 0.292. The van der Waals surface area contributed by atoms with E-state index in [4.69, 9.17) is 23.7 Å². The topological polar surface area (TPSA) is 66.4 Å². The van der Waals surface area contributed by atoms with Crippen LogP contribution in [-0.2, 0) is 36.9 Å². The van der Waals surface area contributed by atoms with Gasteiger partial charge < -0.3 is 28.8 Å². The monoisotopic (exact) mass is 388 g/mol. The lowest BCUT2D eigenvalue weighted by Crippen LogP contribution is -2.60. The van der Waals surface area contributed by atoms with Gasteiger partial charge in [0.25, 0.3) is 0 Å². The highest BCUT2D eigenvalue weighted by Crippen LogP contribution is 2.27. The number of rotatable bonds is 9. The Hall–Kier alpha value is -1.80. The normalized spacial score (nSPS) is 27.6. The molecule has 5 atom stereocenters. The average molecular weight is 388 g/mol. The number of aliphatic hydroxyl groups excluding tert-OH is 1. The highest BCUT2D eigenvalue weighted by molar-refractivity contribution is 5.14. The number of ether oxygens (including phenoxy) is 5. The molecule has 0 aliphatic carbocycles. The molecule has 6 nitrogen and oxygen atoms in total. The number of benzene rings is 2. The molecule has 0 unspecified atom stereocenters. The zero-order chi connectivity index (χ0) is 19.8. The van der Waals surface area contributed by atoms with Crippen LogP contribution in [0.25, 0.3) is 0 Å². The lowest BCUT2D eigenvalue weighted by molar-refractivity contribution is -0.308. The number of methoxy groups -OCH3 is 2. The molecule has 152 valence electrons. The summed E-state index contributed by atoms with van der Waals surface area (Å²) < 4.78 is 28.7. The summed E-state index contributed by atoms with van der Waals surface area (Å²) in [6.07, 6.45) is -3.28. The van der Waals surface area contributed by atoms with Gasteiger partial charge in [-0.05, 0) is 11.1 Å². The Kier molecular flexibility index (Phi) is 7.97. The molecule has 1 heterocycles. The molecule has 2 aromatic carbocycles. The molecule has 0 amide bonds. The van der Waals surface area contributed by atoms with Gasteiger partial charge in [0.2, 0.25) is 0 Å². The molecule has 1 N–H and O–H groups in total. The van der Waals surface area contributed by atoms with Gasteiger partial charge in [0.05, 0.1) is 19.8 Å². The summed E-state index contributed by atoms with van der Waals surface area (Å²) in [6, 6.07) is 19.8. The third-order valence-corrected chi connectivity index (χ3v) is 4.80. The Bertz CT molecular complexity index is 680. The van der Waals surface area contributed by atoms with Crippen molar-refractivity contribution in [3.63, 3.8) is 0 Å². The fourth-order valence-electron chi connectivity index (χ4n) is 3.33. The van der Waals surface area contributed by atoms with Crippen LogP contribution in [0.5, 0.6) is 0 Å². The highest BCUT2D eigenvalue weighted by Gasteiger charge is 2.46. The van der Waals surface area contributed by atoms with Gasteiger partial charge in [0.15, 0.2) is 6.29 Å². The molecule has 0 saturated carbocycles. The van der Waals surface area contributed by atoms with Gasteiger partial charge in [-0.3, -0.25) is 0 Å². The molecule has 0 bridgehead atoms. The third-order valence-electron chi connectivity index (χ3n) is 4.80. The van der Waals surface area contributed by atoms with Crippen LogP contribution in [0.1, 0.15) is 11.1 Å². The summed E-state index contributed by atoms with van der Waals surface area (Å²) in [4.78, 5) is 0. The van der Waals surface area contributed by atoms with Gasteiger partial charge in [0.1, 0.15) is 24.4 Å². The van der Waals surface area contributed by atoms with Crippen molar-refractivity contribution in [2.24, 2.45) is 0 Å². The summed E-state index contributed by atoms with van der Waals surface area (Å²) in [7, 11) is 3.04. The van der Waals surface area contributed by atoms with Gasteiger partial charge in [-0.1, -0.05) is 60.7 Å². The minimum Gasteiger partial charge on any atom is -0.385 e. The maximum absolute atomic E-state index is 10.5. The van der Waals surface area contributed by atoms with Gasteiger partial charge in [-0.25, -0.2) is 0 Å². The molecule has 1 aliphatic heterocycles. The fraction of sp³-hybridized carbons (Fsp3) is 0.455. The molecular formula is C22H28O6. The van der Waals surface area contributed by atoms with Gasteiger partial charge >= 0.3 is 0 Å². The van der Waals surface area contributed by atoms with Crippen LogP contribution in [0.4, 0.5) is 0 Å². The molecule has 1 saturated heterocycles. The van der Waals surface area contributed by atoms with Crippen LogP contribution >= 0.6 is 0 Å². The standard InChI is InChI=1S/C22H28O6/c1-24-21-19(23)22(25-2)28-18(15-26-13-16-9-5-3-6-10-16)20(21)27-14-17-11-7-4-8-12-17/h3-12,18-23H,13-15H2,1-2H3/t18-,19+,20+,21-,22-/m1/s1. The molecular weight excluding hydrogens is 360 g/mol. The van der Waals surface area contributed by atoms with E-state index in [2.05, 4.69) is 0 Å². The molecule has 0 aromatic heterocycles. The first kappa shape index (κ1) is 20.9. The maximum Gasteiger partial charge on any atom is 0.186 e. The largest absolute Gasteiger partial charge is 0.385 e. The van der Waals surface area contributed by atoms with Crippen LogP contribution in [0.3, 0.4) is 0 Å². The average Bonchev–Trinajstić information content (AvgIpc) is 2.74. The Morgan fingerprint density at radius 1 is 0.821 bits per heavy atom.